The maximum absolute atomic E-state index is 13.4. The second-order valence-corrected chi connectivity index (χ2v) is 8.81. The van der Waals surface area contributed by atoms with Gasteiger partial charge >= 0.3 is 11.8 Å². The van der Waals surface area contributed by atoms with Gasteiger partial charge in [-0.15, -0.1) is 0 Å². The van der Waals surface area contributed by atoms with Gasteiger partial charge in [0.05, 0.1) is 17.8 Å². The van der Waals surface area contributed by atoms with Crippen LogP contribution in [0.4, 0.5) is 4.79 Å². The summed E-state index contributed by atoms with van der Waals surface area (Å²) in [5.41, 5.74) is 1.50. The molecule has 4 aromatic rings. The van der Waals surface area contributed by atoms with E-state index in [1.165, 1.54) is 4.57 Å². The molecule has 1 amide bonds. The molecule has 1 saturated heterocycles. The zero-order valence-corrected chi connectivity index (χ0v) is 18.3. The average molecular weight is 462 g/mol. The maximum atomic E-state index is 13.4. The van der Waals surface area contributed by atoms with Crippen LogP contribution in [0, 0.1) is 0 Å². The van der Waals surface area contributed by atoms with Gasteiger partial charge in [-0.1, -0.05) is 66.2 Å². The Bertz CT molecular complexity index is 1470. The average Bonchev–Trinajstić information content (AvgIpc) is 3.49. The van der Waals surface area contributed by atoms with Crippen molar-refractivity contribution < 1.29 is 14.6 Å². The van der Waals surface area contributed by atoms with Gasteiger partial charge in [0, 0.05) is 22.5 Å². The van der Waals surface area contributed by atoms with Gasteiger partial charge in [-0.25, -0.2) is 14.2 Å². The Kier molecular flexibility index (Phi) is 4.48. The number of hydrogen-bond donors (Lipinski definition) is 1. The molecule has 2 aliphatic rings. The molecule has 3 aromatic carbocycles. The van der Waals surface area contributed by atoms with Crippen LogP contribution in [0.3, 0.4) is 0 Å². The monoisotopic (exact) mass is 461 g/mol. The normalized spacial score (nSPS) is 18.6. The predicted molar refractivity (Wildman–Crippen MR) is 124 cm³/mol. The maximum Gasteiger partial charge on any atom is 0.410 e. The van der Waals surface area contributed by atoms with Gasteiger partial charge in [0.2, 0.25) is 5.88 Å². The summed E-state index contributed by atoms with van der Waals surface area (Å²) in [6, 6.07) is 19.9. The number of likely N-dealkylation sites (tertiary alicyclic amines) is 1. The molecule has 2 bridgehead atoms. The minimum atomic E-state index is -0.488. The molecule has 8 heteroatoms. The predicted octanol–water partition coefficient (Wildman–Crippen LogP) is 4.79. The number of rotatable bonds is 3. The van der Waals surface area contributed by atoms with Gasteiger partial charge in [0.25, 0.3) is 0 Å². The summed E-state index contributed by atoms with van der Waals surface area (Å²) in [4.78, 5) is 27.8. The lowest BCUT2D eigenvalue weighted by Crippen LogP contribution is -2.38. The lowest BCUT2D eigenvalue weighted by molar-refractivity contribution is 0.0870. The number of fused-ring (bicyclic) bond motifs is 6. The van der Waals surface area contributed by atoms with Crippen LogP contribution in [0.15, 0.2) is 71.5 Å². The Labute approximate surface area is 194 Å². The largest absolute Gasteiger partial charge is 0.493 e. The van der Waals surface area contributed by atoms with Crippen LogP contribution in [0.1, 0.15) is 29.8 Å². The van der Waals surface area contributed by atoms with Gasteiger partial charge in [0.1, 0.15) is 12.3 Å². The highest BCUT2D eigenvalue weighted by atomic mass is 35.5. The number of amides is 1. The number of aromatic hydroxyl groups is 1. The summed E-state index contributed by atoms with van der Waals surface area (Å²) in [6.07, 6.45) is 0.0915. The Morgan fingerprint density at radius 2 is 1.82 bits per heavy atom. The van der Waals surface area contributed by atoms with Crippen molar-refractivity contribution in [2.75, 3.05) is 6.54 Å². The third-order valence-electron chi connectivity index (χ3n) is 6.61. The molecule has 2 atom stereocenters. The van der Waals surface area contributed by atoms with Crippen molar-refractivity contribution in [3.8, 4) is 11.6 Å². The van der Waals surface area contributed by atoms with E-state index in [9.17, 15) is 14.7 Å². The number of carbonyl (C=O) groups is 1. The van der Waals surface area contributed by atoms with Gasteiger partial charge in [-0.2, -0.15) is 0 Å². The Hall–Kier alpha value is -3.71. The molecule has 6 rings (SSSR count). The number of hydrogen-bond acceptors (Lipinski definition) is 4. The molecule has 1 N–H and O–H groups in total. The van der Waals surface area contributed by atoms with Crippen molar-refractivity contribution in [2.45, 2.75) is 25.1 Å². The molecule has 7 nitrogen and oxygen atoms in total. The zero-order valence-electron chi connectivity index (χ0n) is 17.5. The number of nitrogens with zero attached hydrogens (tertiary/aromatic N) is 3. The lowest BCUT2D eigenvalue weighted by Gasteiger charge is -2.27. The van der Waals surface area contributed by atoms with E-state index in [1.807, 2.05) is 54.6 Å². The molecule has 0 spiro atoms. The highest BCUT2D eigenvalue weighted by Crippen LogP contribution is 2.49. The van der Waals surface area contributed by atoms with Crippen LogP contribution in [-0.4, -0.2) is 31.8 Å². The van der Waals surface area contributed by atoms with Gasteiger partial charge in [-0.05, 0) is 23.9 Å². The molecule has 33 heavy (non-hydrogen) atoms. The number of aromatic nitrogens is 2. The minimum absolute atomic E-state index is 0.0577. The first-order chi connectivity index (χ1) is 16.0. The second kappa shape index (κ2) is 7.42. The summed E-state index contributed by atoms with van der Waals surface area (Å²) < 4.78 is 8.47. The van der Waals surface area contributed by atoms with E-state index in [4.69, 9.17) is 16.3 Å². The van der Waals surface area contributed by atoms with Crippen LogP contribution < -0.4 is 5.69 Å². The molecule has 1 unspecified atom stereocenters. The molecule has 1 aromatic heterocycles. The molecule has 166 valence electrons. The SMILES string of the molecule is O=C(OCc1ccccc1Cl)N1C[C@H]2CC1c1c(O)n(-c3cccc4ccccc34)c(=O)n12. The molecule has 2 aliphatic heterocycles. The second-order valence-electron chi connectivity index (χ2n) is 8.40. The van der Waals surface area contributed by atoms with Crippen molar-refractivity contribution in [1.29, 1.82) is 0 Å². The van der Waals surface area contributed by atoms with E-state index in [0.29, 0.717) is 29.4 Å². The van der Waals surface area contributed by atoms with Crippen molar-refractivity contribution in [3.63, 3.8) is 0 Å². The Morgan fingerprint density at radius 3 is 2.67 bits per heavy atom. The van der Waals surface area contributed by atoms with Crippen molar-refractivity contribution in [2.24, 2.45) is 0 Å². The fourth-order valence-electron chi connectivity index (χ4n) is 5.11. The van der Waals surface area contributed by atoms with Crippen LogP contribution >= 0.6 is 11.6 Å². The smallest absolute Gasteiger partial charge is 0.410 e. The molecule has 0 aliphatic carbocycles. The van der Waals surface area contributed by atoms with Crippen LogP contribution in [0.25, 0.3) is 16.5 Å². The van der Waals surface area contributed by atoms with E-state index in [2.05, 4.69) is 0 Å². The summed E-state index contributed by atoms with van der Waals surface area (Å²) in [6.45, 7) is 0.417. The molecule has 1 fully saturated rings. The Morgan fingerprint density at radius 1 is 1.06 bits per heavy atom. The number of halogens is 1. The first kappa shape index (κ1) is 19.9. The molecular formula is C25H20ClN3O4. The van der Waals surface area contributed by atoms with Crippen molar-refractivity contribution in [3.05, 3.63) is 93.5 Å². The Balaban J connectivity index is 1.34. The molecule has 0 radical (unpaired) electrons. The fourth-order valence-corrected chi connectivity index (χ4v) is 5.30. The molecule has 0 saturated carbocycles. The topological polar surface area (TPSA) is 76.7 Å². The van der Waals surface area contributed by atoms with Gasteiger partial charge < -0.3 is 9.84 Å². The highest BCUT2D eigenvalue weighted by molar-refractivity contribution is 6.31. The summed E-state index contributed by atoms with van der Waals surface area (Å²) in [7, 11) is 0. The third-order valence-corrected chi connectivity index (χ3v) is 6.98. The number of imidazole rings is 1. The summed E-state index contributed by atoms with van der Waals surface area (Å²) in [5.74, 6) is -0.132. The van der Waals surface area contributed by atoms with Crippen molar-refractivity contribution in [1.82, 2.24) is 14.0 Å². The first-order valence-electron chi connectivity index (χ1n) is 10.8. The van der Waals surface area contributed by atoms with Crippen LogP contribution in [0.2, 0.25) is 5.02 Å². The van der Waals surface area contributed by atoms with E-state index in [1.54, 1.807) is 21.6 Å². The van der Waals surface area contributed by atoms with E-state index in [0.717, 1.165) is 16.3 Å². The van der Waals surface area contributed by atoms with Crippen molar-refractivity contribution >= 4 is 28.5 Å². The highest BCUT2D eigenvalue weighted by Gasteiger charge is 2.49. The fraction of sp³-hybridized carbons (Fsp3) is 0.200. The summed E-state index contributed by atoms with van der Waals surface area (Å²) >= 11 is 6.16. The first-order valence-corrected chi connectivity index (χ1v) is 11.1. The lowest BCUT2D eigenvalue weighted by atomic mass is 10.1. The number of carbonyl (C=O) groups excluding carboxylic acids is 1. The van der Waals surface area contributed by atoms with Crippen LogP contribution in [0.5, 0.6) is 5.88 Å². The minimum Gasteiger partial charge on any atom is -0.493 e. The summed E-state index contributed by atoms with van der Waals surface area (Å²) in [5, 5.41) is 13.5. The zero-order chi connectivity index (χ0) is 22.7. The quantitative estimate of drug-likeness (QED) is 0.476. The number of ether oxygens (including phenoxy) is 1. The van der Waals surface area contributed by atoms with Gasteiger partial charge in [-0.3, -0.25) is 9.47 Å². The van der Waals surface area contributed by atoms with E-state index in [-0.39, 0.29) is 24.2 Å². The molecular weight excluding hydrogens is 442 g/mol. The van der Waals surface area contributed by atoms with E-state index < -0.39 is 12.1 Å². The van der Waals surface area contributed by atoms with Crippen LogP contribution in [-0.2, 0) is 11.3 Å². The number of benzene rings is 3. The van der Waals surface area contributed by atoms with E-state index >= 15 is 0 Å². The third kappa shape index (κ3) is 2.96. The molecule has 3 heterocycles. The standard InChI is InChI=1S/C25H20ClN3O4/c26-19-10-4-2-7-16(19)14-33-25(32)27-13-17-12-21(27)22-23(30)29(24(31)28(17)22)20-11-5-8-15-6-1-3-9-18(15)20/h1-11,17,21,30H,12-14H2/t17-,21?/m1/s1. The van der Waals surface area contributed by atoms with Gasteiger partial charge in [0.15, 0.2) is 0 Å².